The van der Waals surface area contributed by atoms with Gasteiger partial charge in [0.05, 0.1) is 6.42 Å². The summed E-state index contributed by atoms with van der Waals surface area (Å²) in [6.45, 7) is 10.6. The van der Waals surface area contributed by atoms with Gasteiger partial charge in [-0.15, -0.1) is 0 Å². The molecule has 4 heteroatoms. The normalized spacial score (nSPS) is 12.6. The fraction of sp³-hybridized carbons (Fsp3) is 0.355. The highest BCUT2D eigenvalue weighted by atomic mass is 16.2. The molecule has 2 atom stereocenters. The van der Waals surface area contributed by atoms with E-state index in [-0.39, 0.29) is 24.3 Å². The van der Waals surface area contributed by atoms with Crippen molar-refractivity contribution in [2.45, 2.75) is 72.5 Å². The van der Waals surface area contributed by atoms with Gasteiger partial charge in [-0.3, -0.25) is 9.59 Å². The Balaban J connectivity index is 1.99. The largest absolute Gasteiger partial charge is 0.352 e. The first kappa shape index (κ1) is 26.2. The molecule has 4 nitrogen and oxygen atoms in total. The molecule has 0 unspecified atom stereocenters. The van der Waals surface area contributed by atoms with Crippen molar-refractivity contribution in [3.8, 4) is 0 Å². The summed E-state index contributed by atoms with van der Waals surface area (Å²) in [4.78, 5) is 29.2. The Kier molecular flexibility index (Phi) is 9.25. The smallest absolute Gasteiger partial charge is 0.243 e. The van der Waals surface area contributed by atoms with Gasteiger partial charge in [-0.2, -0.15) is 0 Å². The lowest BCUT2D eigenvalue weighted by molar-refractivity contribution is -0.141. The van der Waals surface area contributed by atoms with Gasteiger partial charge < -0.3 is 10.2 Å². The van der Waals surface area contributed by atoms with Crippen LogP contribution in [0.15, 0.2) is 72.8 Å². The topological polar surface area (TPSA) is 49.4 Å². The lowest BCUT2D eigenvalue weighted by Gasteiger charge is -2.33. The molecule has 0 saturated carbocycles. The van der Waals surface area contributed by atoms with Crippen LogP contribution in [0.5, 0.6) is 0 Å². The SMILES string of the molecule is CC[C@H](C)NC(=O)[C@@H](Cc1ccccc1)N(Cc1ccccc1C)C(=O)Cc1ccc(C)c(C)c1. The molecule has 0 heterocycles. The highest BCUT2D eigenvalue weighted by molar-refractivity contribution is 5.89. The molecule has 0 aromatic heterocycles. The summed E-state index contributed by atoms with van der Waals surface area (Å²) >= 11 is 0. The maximum atomic E-state index is 13.9. The number of nitrogens with one attached hydrogen (secondary N) is 1. The molecule has 0 aliphatic rings. The molecule has 3 aromatic rings. The van der Waals surface area contributed by atoms with Crippen molar-refractivity contribution in [3.05, 3.63) is 106 Å². The molecular formula is C31H38N2O2. The minimum absolute atomic E-state index is 0.0379. The molecule has 0 aliphatic carbocycles. The van der Waals surface area contributed by atoms with E-state index in [0.717, 1.165) is 34.2 Å². The predicted octanol–water partition coefficient (Wildman–Crippen LogP) is 5.71. The van der Waals surface area contributed by atoms with Crippen LogP contribution in [0, 0.1) is 20.8 Å². The molecular weight excluding hydrogens is 432 g/mol. The quantitative estimate of drug-likeness (QED) is 0.413. The van der Waals surface area contributed by atoms with Gasteiger partial charge in [-0.05, 0) is 67.5 Å². The molecule has 0 saturated heterocycles. The lowest BCUT2D eigenvalue weighted by Crippen LogP contribution is -2.52. The molecule has 0 spiro atoms. The van der Waals surface area contributed by atoms with Crippen LogP contribution in [0.4, 0.5) is 0 Å². The number of aryl methyl sites for hydroxylation is 3. The summed E-state index contributed by atoms with van der Waals surface area (Å²) in [5.74, 6) is -0.151. The second-order valence-corrected chi connectivity index (χ2v) is 9.57. The van der Waals surface area contributed by atoms with Crippen molar-refractivity contribution in [2.24, 2.45) is 0 Å². The minimum atomic E-state index is -0.606. The van der Waals surface area contributed by atoms with E-state index in [9.17, 15) is 9.59 Å². The maximum Gasteiger partial charge on any atom is 0.243 e. The first-order valence-corrected chi connectivity index (χ1v) is 12.5. The zero-order valence-corrected chi connectivity index (χ0v) is 21.7. The number of nitrogens with zero attached hydrogens (tertiary/aromatic N) is 1. The molecule has 184 valence electrons. The van der Waals surface area contributed by atoms with Crippen molar-refractivity contribution in [1.82, 2.24) is 10.2 Å². The standard InChI is InChI=1S/C31H38N2O2/c1-6-25(5)32-31(35)29(19-26-13-8-7-9-14-26)33(21-28-15-11-10-12-23(28)3)30(34)20-27-17-16-22(2)24(4)18-27/h7-18,25,29H,6,19-21H2,1-5H3,(H,32,35)/t25-,29+/m0/s1. The molecule has 35 heavy (non-hydrogen) atoms. The van der Waals surface area contributed by atoms with Gasteiger partial charge in [0, 0.05) is 19.0 Å². The Morgan fingerprint density at radius 3 is 2.17 bits per heavy atom. The second-order valence-electron chi connectivity index (χ2n) is 9.57. The van der Waals surface area contributed by atoms with E-state index < -0.39 is 6.04 Å². The first-order valence-electron chi connectivity index (χ1n) is 12.5. The van der Waals surface area contributed by atoms with Crippen molar-refractivity contribution >= 4 is 11.8 Å². The summed E-state index contributed by atoms with van der Waals surface area (Å²) in [7, 11) is 0. The number of hydrogen-bond acceptors (Lipinski definition) is 2. The number of hydrogen-bond donors (Lipinski definition) is 1. The van der Waals surface area contributed by atoms with E-state index >= 15 is 0 Å². The van der Waals surface area contributed by atoms with Crippen molar-refractivity contribution in [1.29, 1.82) is 0 Å². The monoisotopic (exact) mass is 470 g/mol. The Morgan fingerprint density at radius 2 is 1.51 bits per heavy atom. The molecule has 3 aromatic carbocycles. The molecule has 0 bridgehead atoms. The molecule has 0 aliphatic heterocycles. The van der Waals surface area contributed by atoms with E-state index in [2.05, 4.69) is 31.3 Å². The zero-order valence-electron chi connectivity index (χ0n) is 21.7. The number of carbonyl (C=O) groups is 2. The van der Waals surface area contributed by atoms with Gasteiger partial charge >= 0.3 is 0 Å². The fourth-order valence-corrected chi connectivity index (χ4v) is 4.16. The Hall–Kier alpha value is -3.40. The van der Waals surface area contributed by atoms with Crippen LogP contribution in [0.3, 0.4) is 0 Å². The van der Waals surface area contributed by atoms with Gasteiger partial charge in [0.2, 0.25) is 11.8 Å². The van der Waals surface area contributed by atoms with E-state index in [4.69, 9.17) is 0 Å². The summed E-state index contributed by atoms with van der Waals surface area (Å²) in [6, 6.07) is 23.6. The average Bonchev–Trinajstić information content (AvgIpc) is 2.85. The Bertz CT molecular complexity index is 1140. The van der Waals surface area contributed by atoms with Crippen LogP contribution in [-0.2, 0) is 29.0 Å². The molecule has 3 rings (SSSR count). The van der Waals surface area contributed by atoms with E-state index in [1.165, 1.54) is 5.56 Å². The predicted molar refractivity (Wildman–Crippen MR) is 143 cm³/mol. The number of amides is 2. The highest BCUT2D eigenvalue weighted by Crippen LogP contribution is 2.19. The third kappa shape index (κ3) is 7.29. The number of rotatable bonds is 10. The third-order valence-corrected chi connectivity index (χ3v) is 6.80. The van der Waals surface area contributed by atoms with Crippen LogP contribution < -0.4 is 5.32 Å². The van der Waals surface area contributed by atoms with Crippen LogP contribution in [0.2, 0.25) is 0 Å². The maximum absolute atomic E-state index is 13.9. The first-order chi connectivity index (χ1) is 16.8. The second kappa shape index (κ2) is 12.3. The van der Waals surface area contributed by atoms with Gasteiger partial charge in [0.15, 0.2) is 0 Å². The van der Waals surface area contributed by atoms with Crippen molar-refractivity contribution in [2.75, 3.05) is 0 Å². The van der Waals surface area contributed by atoms with Crippen LogP contribution in [0.25, 0.3) is 0 Å². The van der Waals surface area contributed by atoms with E-state index in [1.807, 2.05) is 81.4 Å². The van der Waals surface area contributed by atoms with E-state index in [0.29, 0.717) is 13.0 Å². The van der Waals surface area contributed by atoms with E-state index in [1.54, 1.807) is 4.90 Å². The van der Waals surface area contributed by atoms with Gasteiger partial charge in [0.1, 0.15) is 6.04 Å². The summed E-state index contributed by atoms with van der Waals surface area (Å²) in [6.07, 6.45) is 1.56. The van der Waals surface area contributed by atoms with Crippen LogP contribution in [-0.4, -0.2) is 28.8 Å². The molecule has 0 radical (unpaired) electrons. The number of carbonyl (C=O) groups excluding carboxylic acids is 2. The van der Waals surface area contributed by atoms with Gasteiger partial charge in [-0.1, -0.05) is 79.7 Å². The summed E-state index contributed by atoms with van der Waals surface area (Å²) in [5, 5.41) is 3.13. The highest BCUT2D eigenvalue weighted by Gasteiger charge is 2.31. The Labute approximate surface area is 210 Å². The summed E-state index contributed by atoms with van der Waals surface area (Å²) < 4.78 is 0. The molecule has 1 N–H and O–H groups in total. The summed E-state index contributed by atoms with van der Waals surface area (Å²) in [5.41, 5.74) is 6.52. The molecule has 2 amide bonds. The number of benzene rings is 3. The Morgan fingerprint density at radius 1 is 0.829 bits per heavy atom. The average molecular weight is 471 g/mol. The van der Waals surface area contributed by atoms with Crippen molar-refractivity contribution in [3.63, 3.8) is 0 Å². The zero-order chi connectivity index (χ0) is 25.4. The lowest BCUT2D eigenvalue weighted by atomic mass is 9.99. The van der Waals surface area contributed by atoms with Crippen LogP contribution in [0.1, 0.15) is 53.6 Å². The third-order valence-electron chi connectivity index (χ3n) is 6.80. The minimum Gasteiger partial charge on any atom is -0.352 e. The van der Waals surface area contributed by atoms with Crippen molar-refractivity contribution < 1.29 is 9.59 Å². The van der Waals surface area contributed by atoms with Gasteiger partial charge in [-0.25, -0.2) is 0 Å². The fourth-order valence-electron chi connectivity index (χ4n) is 4.16. The molecule has 0 fully saturated rings. The van der Waals surface area contributed by atoms with Crippen LogP contribution >= 0.6 is 0 Å². The van der Waals surface area contributed by atoms with Gasteiger partial charge in [0.25, 0.3) is 0 Å².